The van der Waals surface area contributed by atoms with E-state index in [0.717, 1.165) is 19.4 Å². The van der Waals surface area contributed by atoms with Crippen molar-refractivity contribution >= 4 is 57.5 Å². The minimum Gasteiger partial charge on any atom is -0.461 e. The molecule has 3 aliphatic rings. The number of rotatable bonds is 8. The maximum absolute atomic E-state index is 15.6. The first-order chi connectivity index (χ1) is 20.7. The number of aromatic nitrogens is 2. The maximum atomic E-state index is 15.6. The number of ether oxygens (including phenoxy) is 2. The number of alkyl halides is 1. The van der Waals surface area contributed by atoms with Crippen molar-refractivity contribution in [2.45, 2.75) is 95.5 Å². The SMILES string of the molecule is CC[C@H]1[C@@H](CCB(O)O)N(c2nc(OC[C@@]34CCCN3C[C@H](F)C4)nc3c(F)c(Cl)cc(Br)c23)CCN1C(=O)OC(C)(C)C. The Bertz CT molecular complexity index is 1390. The summed E-state index contributed by atoms with van der Waals surface area (Å²) in [4.78, 5) is 28.3. The topological polar surface area (TPSA) is 111 Å². The van der Waals surface area contributed by atoms with Crippen LogP contribution in [0.3, 0.4) is 0 Å². The second-order valence-electron chi connectivity index (χ2n) is 13.0. The van der Waals surface area contributed by atoms with Gasteiger partial charge in [-0.2, -0.15) is 9.97 Å². The summed E-state index contributed by atoms with van der Waals surface area (Å²) in [5.41, 5.74) is -1.20. The average Bonchev–Trinajstić information content (AvgIpc) is 3.47. The predicted molar refractivity (Wildman–Crippen MR) is 169 cm³/mol. The van der Waals surface area contributed by atoms with Crippen LogP contribution in [0.4, 0.5) is 19.4 Å². The van der Waals surface area contributed by atoms with Crippen molar-refractivity contribution in [2.75, 3.05) is 37.7 Å². The summed E-state index contributed by atoms with van der Waals surface area (Å²) in [6, 6.07) is 0.565. The fourth-order valence-corrected chi connectivity index (χ4v) is 7.95. The number of piperazine rings is 1. The molecule has 10 nitrogen and oxygen atoms in total. The van der Waals surface area contributed by atoms with Crippen LogP contribution in [0.1, 0.15) is 59.8 Å². The molecule has 1 aromatic heterocycles. The van der Waals surface area contributed by atoms with Gasteiger partial charge in [0.15, 0.2) is 5.82 Å². The molecule has 242 valence electrons. The van der Waals surface area contributed by atoms with E-state index in [9.17, 15) is 19.2 Å². The number of benzene rings is 1. The van der Waals surface area contributed by atoms with E-state index in [1.807, 2.05) is 11.8 Å². The number of hydrogen-bond donors (Lipinski definition) is 2. The third-order valence-electron chi connectivity index (χ3n) is 8.88. The lowest BCUT2D eigenvalue weighted by molar-refractivity contribution is 0.00813. The third-order valence-corrected chi connectivity index (χ3v) is 9.78. The van der Waals surface area contributed by atoms with E-state index in [1.54, 1.807) is 25.7 Å². The largest absolute Gasteiger partial charge is 0.461 e. The van der Waals surface area contributed by atoms with Gasteiger partial charge in [-0.1, -0.05) is 18.5 Å². The summed E-state index contributed by atoms with van der Waals surface area (Å²) < 4.78 is 42.4. The molecular weight excluding hydrogens is 663 g/mol. The van der Waals surface area contributed by atoms with E-state index in [2.05, 4.69) is 25.8 Å². The standard InChI is InChI=1S/C29H40BBrClF2N5O5/c1-5-20-21(7-9-30(41)42)38(11-12-39(20)27(40)44-28(2,3)4)25-22-18(31)13-19(32)23(34)24(22)35-26(36-25)43-16-29-8-6-10-37(29)15-17(33)14-29/h13,17,20-21,41-42H,5-12,14-16H2,1-4H3/t17-,20+,21-,29+/m1/s1. The van der Waals surface area contributed by atoms with E-state index < -0.39 is 42.4 Å². The highest BCUT2D eigenvalue weighted by molar-refractivity contribution is 9.10. The van der Waals surface area contributed by atoms with Gasteiger partial charge in [0.25, 0.3) is 0 Å². The Morgan fingerprint density at radius 3 is 2.68 bits per heavy atom. The molecule has 1 aromatic carbocycles. The van der Waals surface area contributed by atoms with Gasteiger partial charge in [0.1, 0.15) is 29.7 Å². The van der Waals surface area contributed by atoms with Gasteiger partial charge >= 0.3 is 19.2 Å². The van der Waals surface area contributed by atoms with E-state index in [4.69, 9.17) is 26.1 Å². The molecule has 3 saturated heterocycles. The number of nitrogens with zero attached hydrogens (tertiary/aromatic N) is 5. The molecule has 4 atom stereocenters. The number of carbonyl (C=O) groups is 1. The van der Waals surface area contributed by atoms with Crippen molar-refractivity contribution in [3.63, 3.8) is 0 Å². The molecule has 2 N–H and O–H groups in total. The summed E-state index contributed by atoms with van der Waals surface area (Å²) >= 11 is 9.77. The van der Waals surface area contributed by atoms with Gasteiger partial charge in [-0.05, 0) is 81.3 Å². The molecule has 44 heavy (non-hydrogen) atoms. The Labute approximate surface area is 270 Å². The van der Waals surface area contributed by atoms with E-state index in [-0.39, 0.29) is 42.1 Å². The molecule has 0 spiro atoms. The molecule has 3 fully saturated rings. The van der Waals surface area contributed by atoms with Gasteiger partial charge in [-0.3, -0.25) is 4.90 Å². The van der Waals surface area contributed by atoms with Crippen molar-refractivity contribution in [1.82, 2.24) is 19.8 Å². The minimum atomic E-state index is -1.56. The summed E-state index contributed by atoms with van der Waals surface area (Å²) in [5, 5.41) is 19.9. The number of carbonyl (C=O) groups excluding carboxylic acids is 1. The monoisotopic (exact) mass is 701 g/mol. The number of anilines is 1. The average molecular weight is 703 g/mol. The lowest BCUT2D eigenvalue weighted by Gasteiger charge is -2.48. The lowest BCUT2D eigenvalue weighted by Crippen LogP contribution is -2.62. The first-order valence-electron chi connectivity index (χ1n) is 15.2. The van der Waals surface area contributed by atoms with Gasteiger partial charge in [0.05, 0.1) is 28.0 Å². The molecule has 5 rings (SSSR count). The fraction of sp³-hybridized carbons (Fsp3) is 0.690. The first kappa shape index (κ1) is 33.4. The van der Waals surface area contributed by atoms with E-state index in [0.29, 0.717) is 48.0 Å². The number of amides is 1. The van der Waals surface area contributed by atoms with Crippen molar-refractivity contribution in [3.8, 4) is 6.01 Å². The molecule has 2 aromatic rings. The smallest absolute Gasteiger partial charge is 0.451 e. The van der Waals surface area contributed by atoms with Crippen LogP contribution in [0.2, 0.25) is 11.3 Å². The van der Waals surface area contributed by atoms with Crippen molar-refractivity contribution in [3.05, 3.63) is 21.4 Å². The summed E-state index contributed by atoms with van der Waals surface area (Å²) in [6.07, 6.45) is 1.56. The Morgan fingerprint density at radius 2 is 2.00 bits per heavy atom. The summed E-state index contributed by atoms with van der Waals surface area (Å²) in [7, 11) is -1.56. The second-order valence-corrected chi connectivity index (χ2v) is 14.3. The number of hydrogen-bond acceptors (Lipinski definition) is 9. The molecule has 0 unspecified atom stereocenters. The first-order valence-corrected chi connectivity index (χ1v) is 16.4. The quantitative estimate of drug-likeness (QED) is 0.283. The molecule has 15 heteroatoms. The third kappa shape index (κ3) is 6.74. The highest BCUT2D eigenvalue weighted by Crippen LogP contribution is 2.42. The Balaban J connectivity index is 1.56. The molecule has 0 radical (unpaired) electrons. The normalized spacial score (nSPS) is 25.9. The summed E-state index contributed by atoms with van der Waals surface area (Å²) in [5.74, 6) is -0.367. The zero-order valence-electron chi connectivity index (χ0n) is 25.5. The molecule has 4 heterocycles. The molecule has 1 amide bonds. The molecular formula is C29H40BBrClF2N5O5. The van der Waals surface area contributed by atoms with Gasteiger partial charge in [-0.15, -0.1) is 0 Å². The summed E-state index contributed by atoms with van der Waals surface area (Å²) in [6.45, 7) is 9.26. The molecule has 0 saturated carbocycles. The zero-order chi connectivity index (χ0) is 32.0. The maximum Gasteiger partial charge on any atom is 0.451 e. The van der Waals surface area contributed by atoms with Gasteiger partial charge in [0.2, 0.25) is 0 Å². The minimum absolute atomic E-state index is 0.0380. The van der Waals surface area contributed by atoms with Crippen LogP contribution in [0.15, 0.2) is 10.5 Å². The fourth-order valence-electron chi connectivity index (χ4n) is 7.02. The van der Waals surface area contributed by atoms with Crippen LogP contribution in [-0.2, 0) is 4.74 Å². The van der Waals surface area contributed by atoms with Crippen LogP contribution >= 0.6 is 27.5 Å². The predicted octanol–water partition coefficient (Wildman–Crippen LogP) is 5.21. The van der Waals surface area contributed by atoms with Gasteiger partial charge in [-0.25, -0.2) is 13.6 Å². The van der Waals surface area contributed by atoms with Crippen molar-refractivity contribution in [1.29, 1.82) is 0 Å². The van der Waals surface area contributed by atoms with E-state index >= 15 is 4.39 Å². The van der Waals surface area contributed by atoms with Gasteiger partial charge in [0, 0.05) is 30.5 Å². The van der Waals surface area contributed by atoms with Crippen LogP contribution < -0.4 is 9.64 Å². The highest BCUT2D eigenvalue weighted by Gasteiger charge is 2.49. The molecule has 0 aliphatic carbocycles. The van der Waals surface area contributed by atoms with Gasteiger partial charge < -0.3 is 29.3 Å². The van der Waals surface area contributed by atoms with E-state index in [1.165, 1.54) is 6.07 Å². The highest BCUT2D eigenvalue weighted by atomic mass is 79.9. The Kier molecular flexibility index (Phi) is 9.87. The lowest BCUT2D eigenvalue weighted by atomic mass is 9.80. The molecule has 0 bridgehead atoms. The van der Waals surface area contributed by atoms with Crippen molar-refractivity contribution in [2.24, 2.45) is 0 Å². The zero-order valence-corrected chi connectivity index (χ0v) is 27.9. The van der Waals surface area contributed by atoms with Crippen molar-refractivity contribution < 1.29 is 33.1 Å². The molecule has 3 aliphatic heterocycles. The van der Waals surface area contributed by atoms with Crippen LogP contribution in [0.25, 0.3) is 10.9 Å². The number of fused-ring (bicyclic) bond motifs is 2. The van der Waals surface area contributed by atoms with Crippen LogP contribution in [-0.4, -0.2) is 105 Å². The van der Waals surface area contributed by atoms with Crippen LogP contribution in [0, 0.1) is 5.82 Å². The Hall–Kier alpha value is -2.00. The van der Waals surface area contributed by atoms with Crippen LogP contribution in [0.5, 0.6) is 6.01 Å². The second kappa shape index (κ2) is 13.0. The Morgan fingerprint density at radius 1 is 1.25 bits per heavy atom. The number of halogens is 4.